The standard InChI is InChI=1S/C16H23BrFN/c1-2-12-4-3-5-15(8-6-12)19-11-13-10-14(18)7-9-16(13)17/h7,9-10,12,15,19H,2-6,8,11H2,1H3. The smallest absolute Gasteiger partial charge is 0.123 e. The Morgan fingerprint density at radius 3 is 2.89 bits per heavy atom. The Morgan fingerprint density at radius 2 is 2.11 bits per heavy atom. The van der Waals surface area contributed by atoms with E-state index in [9.17, 15) is 4.39 Å². The molecular formula is C16H23BrFN. The molecule has 1 aromatic rings. The van der Waals surface area contributed by atoms with Gasteiger partial charge in [-0.25, -0.2) is 4.39 Å². The van der Waals surface area contributed by atoms with E-state index in [-0.39, 0.29) is 5.82 Å². The third-order valence-corrected chi connectivity index (χ3v) is 5.03. The van der Waals surface area contributed by atoms with Crippen LogP contribution in [0.1, 0.15) is 51.0 Å². The zero-order valence-electron chi connectivity index (χ0n) is 11.6. The van der Waals surface area contributed by atoms with Gasteiger partial charge in [0.05, 0.1) is 0 Å². The average molecular weight is 328 g/mol. The van der Waals surface area contributed by atoms with Gasteiger partial charge in [-0.1, -0.05) is 42.1 Å². The molecule has 0 bridgehead atoms. The van der Waals surface area contributed by atoms with Crippen LogP contribution in [0, 0.1) is 11.7 Å². The SMILES string of the molecule is CCC1CCCC(NCc2cc(F)ccc2Br)CC1. The van der Waals surface area contributed by atoms with Crippen molar-refractivity contribution in [2.24, 2.45) is 5.92 Å². The van der Waals surface area contributed by atoms with Crippen molar-refractivity contribution in [2.45, 2.75) is 58.0 Å². The second-order valence-electron chi connectivity index (χ2n) is 5.60. The van der Waals surface area contributed by atoms with Crippen molar-refractivity contribution in [3.8, 4) is 0 Å². The van der Waals surface area contributed by atoms with Crippen LogP contribution in [0.4, 0.5) is 4.39 Å². The minimum Gasteiger partial charge on any atom is -0.310 e. The minimum absolute atomic E-state index is 0.160. The molecule has 0 radical (unpaired) electrons. The van der Waals surface area contributed by atoms with Crippen molar-refractivity contribution in [3.05, 3.63) is 34.1 Å². The number of rotatable bonds is 4. The van der Waals surface area contributed by atoms with E-state index in [0.717, 1.165) is 22.5 Å². The number of nitrogens with one attached hydrogen (secondary N) is 1. The summed E-state index contributed by atoms with van der Waals surface area (Å²) in [4.78, 5) is 0. The van der Waals surface area contributed by atoms with Gasteiger partial charge in [-0.3, -0.25) is 0 Å². The van der Waals surface area contributed by atoms with E-state index in [0.29, 0.717) is 6.04 Å². The van der Waals surface area contributed by atoms with E-state index < -0.39 is 0 Å². The summed E-state index contributed by atoms with van der Waals surface area (Å²) < 4.78 is 14.2. The van der Waals surface area contributed by atoms with E-state index in [4.69, 9.17) is 0 Å². The fourth-order valence-electron chi connectivity index (χ4n) is 2.92. The van der Waals surface area contributed by atoms with Crippen molar-refractivity contribution in [1.29, 1.82) is 0 Å². The van der Waals surface area contributed by atoms with E-state index in [1.54, 1.807) is 12.1 Å². The molecule has 1 fully saturated rings. The van der Waals surface area contributed by atoms with Gasteiger partial charge in [0.25, 0.3) is 0 Å². The Bertz CT molecular complexity index is 408. The molecule has 1 aliphatic carbocycles. The van der Waals surface area contributed by atoms with Gasteiger partial charge in [0.2, 0.25) is 0 Å². The van der Waals surface area contributed by atoms with Gasteiger partial charge in [0.1, 0.15) is 5.82 Å². The Balaban J connectivity index is 1.86. The molecule has 2 rings (SSSR count). The molecule has 2 unspecified atom stereocenters. The second-order valence-corrected chi connectivity index (χ2v) is 6.45. The first kappa shape index (κ1) is 15.0. The van der Waals surface area contributed by atoms with E-state index in [1.165, 1.54) is 44.6 Å². The summed E-state index contributed by atoms with van der Waals surface area (Å²) in [6.07, 6.45) is 7.84. The van der Waals surface area contributed by atoms with Crippen LogP contribution in [0.2, 0.25) is 0 Å². The third-order valence-electron chi connectivity index (χ3n) is 4.25. The highest BCUT2D eigenvalue weighted by Crippen LogP contribution is 2.26. The Kier molecular flexibility index (Phi) is 5.83. The quantitative estimate of drug-likeness (QED) is 0.764. The molecule has 2 atom stereocenters. The van der Waals surface area contributed by atoms with Crippen LogP contribution in [-0.4, -0.2) is 6.04 Å². The normalized spacial score (nSPS) is 24.2. The van der Waals surface area contributed by atoms with Gasteiger partial charge in [0, 0.05) is 17.1 Å². The molecule has 1 aliphatic rings. The lowest BCUT2D eigenvalue weighted by atomic mass is 9.98. The summed E-state index contributed by atoms with van der Waals surface area (Å²) in [5.74, 6) is 0.750. The summed E-state index contributed by atoms with van der Waals surface area (Å²) in [6, 6.07) is 5.48. The maximum atomic E-state index is 13.2. The molecule has 19 heavy (non-hydrogen) atoms. The predicted molar refractivity (Wildman–Crippen MR) is 81.6 cm³/mol. The monoisotopic (exact) mass is 327 g/mol. The number of halogens is 2. The number of benzene rings is 1. The Labute approximate surface area is 124 Å². The van der Waals surface area contributed by atoms with Gasteiger partial charge >= 0.3 is 0 Å². The zero-order valence-corrected chi connectivity index (χ0v) is 13.2. The van der Waals surface area contributed by atoms with Crippen LogP contribution in [0.5, 0.6) is 0 Å². The highest BCUT2D eigenvalue weighted by molar-refractivity contribution is 9.10. The second kappa shape index (κ2) is 7.39. The van der Waals surface area contributed by atoms with Gasteiger partial charge in [-0.2, -0.15) is 0 Å². The first-order valence-corrected chi connectivity index (χ1v) is 8.15. The van der Waals surface area contributed by atoms with Crippen molar-refractivity contribution in [1.82, 2.24) is 5.32 Å². The van der Waals surface area contributed by atoms with Crippen LogP contribution in [0.15, 0.2) is 22.7 Å². The molecule has 1 N–H and O–H groups in total. The van der Waals surface area contributed by atoms with Gasteiger partial charge < -0.3 is 5.32 Å². The molecule has 0 amide bonds. The molecule has 1 aromatic carbocycles. The predicted octanol–water partition coefficient (Wildman–Crippen LogP) is 5.04. The lowest BCUT2D eigenvalue weighted by Crippen LogP contribution is -2.28. The summed E-state index contributed by atoms with van der Waals surface area (Å²) >= 11 is 3.48. The minimum atomic E-state index is -0.160. The lowest BCUT2D eigenvalue weighted by Gasteiger charge is -2.17. The Hall–Kier alpha value is -0.410. The summed E-state index contributed by atoms with van der Waals surface area (Å²) in [7, 11) is 0. The highest BCUT2D eigenvalue weighted by Gasteiger charge is 2.17. The Morgan fingerprint density at radius 1 is 1.26 bits per heavy atom. The first-order valence-electron chi connectivity index (χ1n) is 7.36. The molecule has 0 heterocycles. The molecule has 1 saturated carbocycles. The molecule has 106 valence electrons. The molecule has 3 heteroatoms. The molecule has 0 saturated heterocycles. The third kappa shape index (κ3) is 4.57. The fraction of sp³-hybridized carbons (Fsp3) is 0.625. The molecular weight excluding hydrogens is 305 g/mol. The van der Waals surface area contributed by atoms with E-state index >= 15 is 0 Å². The van der Waals surface area contributed by atoms with Crippen LogP contribution >= 0.6 is 15.9 Å². The number of hydrogen-bond donors (Lipinski definition) is 1. The summed E-state index contributed by atoms with van der Waals surface area (Å²) in [5, 5.41) is 3.59. The van der Waals surface area contributed by atoms with Gasteiger partial charge in [0.15, 0.2) is 0 Å². The molecule has 0 aromatic heterocycles. The van der Waals surface area contributed by atoms with Crippen LogP contribution in [-0.2, 0) is 6.54 Å². The topological polar surface area (TPSA) is 12.0 Å². The van der Waals surface area contributed by atoms with Crippen molar-refractivity contribution < 1.29 is 4.39 Å². The largest absolute Gasteiger partial charge is 0.310 e. The van der Waals surface area contributed by atoms with E-state index in [2.05, 4.69) is 28.2 Å². The van der Waals surface area contributed by atoms with Crippen molar-refractivity contribution >= 4 is 15.9 Å². The maximum Gasteiger partial charge on any atom is 0.123 e. The van der Waals surface area contributed by atoms with Crippen LogP contribution in [0.3, 0.4) is 0 Å². The van der Waals surface area contributed by atoms with Crippen LogP contribution in [0.25, 0.3) is 0 Å². The lowest BCUT2D eigenvalue weighted by molar-refractivity contribution is 0.424. The zero-order chi connectivity index (χ0) is 13.7. The highest BCUT2D eigenvalue weighted by atomic mass is 79.9. The fourth-order valence-corrected chi connectivity index (χ4v) is 3.31. The van der Waals surface area contributed by atoms with Crippen molar-refractivity contribution in [3.63, 3.8) is 0 Å². The summed E-state index contributed by atoms with van der Waals surface area (Å²) in [6.45, 7) is 3.04. The average Bonchev–Trinajstić information content (AvgIpc) is 2.65. The maximum absolute atomic E-state index is 13.2. The molecule has 0 spiro atoms. The van der Waals surface area contributed by atoms with Crippen molar-refractivity contribution in [2.75, 3.05) is 0 Å². The van der Waals surface area contributed by atoms with Gasteiger partial charge in [-0.05, 0) is 48.9 Å². The molecule has 0 aliphatic heterocycles. The van der Waals surface area contributed by atoms with Gasteiger partial charge in [-0.15, -0.1) is 0 Å². The van der Waals surface area contributed by atoms with E-state index in [1.807, 2.05) is 0 Å². The molecule has 1 nitrogen and oxygen atoms in total. The number of hydrogen-bond acceptors (Lipinski definition) is 1. The van der Waals surface area contributed by atoms with Crippen LogP contribution < -0.4 is 5.32 Å². The summed E-state index contributed by atoms with van der Waals surface area (Å²) in [5.41, 5.74) is 1.01. The first-order chi connectivity index (χ1) is 9.19.